The molecule has 0 N–H and O–H groups in total. The minimum Gasteiger partial charge on any atom is -0.463 e. The summed E-state index contributed by atoms with van der Waals surface area (Å²) in [5.41, 5.74) is 5.12. The first-order valence-electron chi connectivity index (χ1n) is 12.8. The lowest BCUT2D eigenvalue weighted by molar-refractivity contribution is -0.139. The molecule has 0 bridgehead atoms. The van der Waals surface area contributed by atoms with Gasteiger partial charge in [-0.25, -0.2) is 9.79 Å². The Morgan fingerprint density at radius 3 is 2.73 bits per heavy atom. The van der Waals surface area contributed by atoms with Crippen molar-refractivity contribution in [3.63, 3.8) is 0 Å². The predicted molar refractivity (Wildman–Crippen MR) is 153 cm³/mol. The minimum absolute atomic E-state index is 0.120. The average Bonchev–Trinajstić information content (AvgIpc) is 3.59. The lowest BCUT2D eigenvalue weighted by Gasteiger charge is -2.24. The molecule has 1 atom stereocenters. The first-order chi connectivity index (χ1) is 19.3. The summed E-state index contributed by atoms with van der Waals surface area (Å²) in [6.45, 7) is 7.86. The number of ether oxygens (including phenoxy) is 3. The Morgan fingerprint density at radius 1 is 1.15 bits per heavy atom. The van der Waals surface area contributed by atoms with Crippen molar-refractivity contribution in [1.82, 2.24) is 9.13 Å². The van der Waals surface area contributed by atoms with E-state index in [1.54, 1.807) is 30.5 Å². The lowest BCUT2D eigenvalue weighted by atomic mass is 9.95. The molecule has 4 aromatic rings. The van der Waals surface area contributed by atoms with E-state index in [4.69, 9.17) is 25.8 Å². The van der Waals surface area contributed by atoms with Gasteiger partial charge in [-0.3, -0.25) is 9.36 Å². The van der Waals surface area contributed by atoms with Crippen LogP contribution in [-0.2, 0) is 9.53 Å². The molecule has 0 unspecified atom stereocenters. The van der Waals surface area contributed by atoms with Gasteiger partial charge < -0.3 is 18.8 Å². The van der Waals surface area contributed by atoms with Gasteiger partial charge in [0.05, 0.1) is 28.5 Å². The van der Waals surface area contributed by atoms with Crippen molar-refractivity contribution < 1.29 is 19.0 Å². The van der Waals surface area contributed by atoms with E-state index in [1.807, 2.05) is 56.3 Å². The Hall–Kier alpha value is -4.08. The molecule has 0 saturated heterocycles. The van der Waals surface area contributed by atoms with Crippen molar-refractivity contribution in [3.8, 4) is 17.2 Å². The molecule has 8 nitrogen and oxygen atoms in total. The van der Waals surface area contributed by atoms with Crippen LogP contribution >= 0.6 is 22.9 Å². The van der Waals surface area contributed by atoms with Crippen molar-refractivity contribution in [3.05, 3.63) is 107 Å². The molecule has 40 heavy (non-hydrogen) atoms. The molecule has 0 saturated carbocycles. The number of halogens is 1. The van der Waals surface area contributed by atoms with E-state index in [1.165, 1.54) is 11.3 Å². The molecule has 4 heterocycles. The zero-order valence-corrected chi connectivity index (χ0v) is 23.9. The van der Waals surface area contributed by atoms with Crippen molar-refractivity contribution in [2.75, 3.05) is 13.4 Å². The number of benzene rings is 2. The highest BCUT2D eigenvalue weighted by Crippen LogP contribution is 2.38. The van der Waals surface area contributed by atoms with Crippen LogP contribution in [0.15, 0.2) is 69.6 Å². The molecule has 0 aliphatic carbocycles. The van der Waals surface area contributed by atoms with E-state index in [9.17, 15) is 9.59 Å². The number of esters is 1. The Labute approximate surface area is 239 Å². The van der Waals surface area contributed by atoms with Crippen LogP contribution in [0.1, 0.15) is 42.4 Å². The van der Waals surface area contributed by atoms with Crippen molar-refractivity contribution in [2.45, 2.75) is 33.7 Å². The van der Waals surface area contributed by atoms with Gasteiger partial charge in [0.2, 0.25) is 6.79 Å². The smallest absolute Gasteiger partial charge is 0.338 e. The van der Waals surface area contributed by atoms with Crippen LogP contribution in [0.2, 0.25) is 5.02 Å². The van der Waals surface area contributed by atoms with Crippen LogP contribution in [0, 0.1) is 13.8 Å². The van der Waals surface area contributed by atoms with Gasteiger partial charge in [0.25, 0.3) is 5.56 Å². The molecule has 2 aliphatic heterocycles. The number of thiazole rings is 1. The van der Waals surface area contributed by atoms with E-state index in [0.29, 0.717) is 42.7 Å². The summed E-state index contributed by atoms with van der Waals surface area (Å²) in [6, 6.07) is 14.4. The fraction of sp³-hybridized carbons (Fsp3) is 0.233. The normalized spacial score (nSPS) is 16.2. The number of aryl methyl sites for hydroxylation is 1. The summed E-state index contributed by atoms with van der Waals surface area (Å²) in [5, 5.41) is 0.649. The fourth-order valence-electron chi connectivity index (χ4n) is 5.28. The number of aromatic nitrogens is 2. The zero-order chi connectivity index (χ0) is 28.1. The van der Waals surface area contributed by atoms with Crippen LogP contribution in [-0.4, -0.2) is 28.5 Å². The SMILES string of the molecule is CCOC(=O)C1=C(C)N=c2s/c(=C/c3cc(C)n(-c4cccc(Cl)c4)c3C)c(=O)n2[C@@H]1c1ccc2c(c1)OCO2. The minimum atomic E-state index is -0.731. The second kappa shape index (κ2) is 10.1. The van der Waals surface area contributed by atoms with Gasteiger partial charge in [0, 0.05) is 22.1 Å². The third kappa shape index (κ3) is 4.35. The van der Waals surface area contributed by atoms with E-state index in [-0.39, 0.29) is 19.0 Å². The Morgan fingerprint density at radius 2 is 1.95 bits per heavy atom. The second-order valence-electron chi connectivity index (χ2n) is 9.56. The number of rotatable bonds is 5. The fourth-order valence-corrected chi connectivity index (χ4v) is 6.50. The van der Waals surface area contributed by atoms with Gasteiger partial charge in [0.1, 0.15) is 0 Å². The van der Waals surface area contributed by atoms with Gasteiger partial charge in [0.15, 0.2) is 16.3 Å². The third-order valence-electron chi connectivity index (χ3n) is 7.05. The highest BCUT2D eigenvalue weighted by atomic mass is 35.5. The van der Waals surface area contributed by atoms with E-state index >= 15 is 0 Å². The van der Waals surface area contributed by atoms with Crippen molar-refractivity contribution in [2.24, 2.45) is 4.99 Å². The molecule has 0 radical (unpaired) electrons. The zero-order valence-electron chi connectivity index (χ0n) is 22.4. The summed E-state index contributed by atoms with van der Waals surface area (Å²) in [5.74, 6) is 0.668. The van der Waals surface area contributed by atoms with Gasteiger partial charge in [-0.1, -0.05) is 35.1 Å². The monoisotopic (exact) mass is 575 g/mol. The molecule has 2 aromatic heterocycles. The van der Waals surface area contributed by atoms with Crippen LogP contribution in [0.4, 0.5) is 0 Å². The standard InChI is InChI=1S/C30H26ClN3O5S/c1-5-37-29(36)26-17(3)32-30-34(27(26)19-9-10-23-24(12-19)39-15-38-23)28(35)25(40-30)13-20-11-16(2)33(18(20)4)22-8-6-7-21(31)14-22/h6-14,27H,5,15H2,1-4H3/b25-13+/t27-/m1/s1. The maximum absolute atomic E-state index is 14.0. The second-order valence-corrected chi connectivity index (χ2v) is 11.0. The summed E-state index contributed by atoms with van der Waals surface area (Å²) < 4.78 is 20.6. The molecule has 0 amide bonds. The molecule has 0 fully saturated rings. The maximum Gasteiger partial charge on any atom is 0.338 e. The van der Waals surface area contributed by atoms with Crippen molar-refractivity contribution >= 4 is 35.0 Å². The van der Waals surface area contributed by atoms with Gasteiger partial charge >= 0.3 is 5.97 Å². The first-order valence-corrected chi connectivity index (χ1v) is 14.0. The average molecular weight is 576 g/mol. The van der Waals surface area contributed by atoms with E-state index in [0.717, 1.165) is 22.6 Å². The number of fused-ring (bicyclic) bond motifs is 2. The third-order valence-corrected chi connectivity index (χ3v) is 8.27. The number of hydrogen-bond donors (Lipinski definition) is 0. The molecule has 2 aromatic carbocycles. The quantitative estimate of drug-likeness (QED) is 0.325. The van der Waals surface area contributed by atoms with Crippen LogP contribution in [0.3, 0.4) is 0 Å². The first kappa shape index (κ1) is 26.2. The number of allylic oxidation sites excluding steroid dienone is 1. The molecular formula is C30H26ClN3O5S. The van der Waals surface area contributed by atoms with Crippen molar-refractivity contribution in [1.29, 1.82) is 0 Å². The Balaban J connectivity index is 1.52. The number of carbonyl (C=O) groups is 1. The van der Waals surface area contributed by atoms with Gasteiger partial charge in [-0.2, -0.15) is 0 Å². The molecule has 10 heteroatoms. The number of nitrogens with zero attached hydrogens (tertiary/aromatic N) is 3. The topological polar surface area (TPSA) is 84.1 Å². The highest BCUT2D eigenvalue weighted by Gasteiger charge is 2.34. The highest BCUT2D eigenvalue weighted by molar-refractivity contribution is 7.07. The summed E-state index contributed by atoms with van der Waals surface area (Å²) in [4.78, 5) is 32.3. The largest absolute Gasteiger partial charge is 0.463 e. The number of hydrogen-bond acceptors (Lipinski definition) is 7. The van der Waals surface area contributed by atoms with E-state index in [2.05, 4.69) is 9.56 Å². The lowest BCUT2D eigenvalue weighted by Crippen LogP contribution is -2.39. The molecule has 204 valence electrons. The van der Waals surface area contributed by atoms with Gasteiger partial charge in [-0.05, 0) is 81.3 Å². The van der Waals surface area contributed by atoms with E-state index < -0.39 is 12.0 Å². The summed E-state index contributed by atoms with van der Waals surface area (Å²) in [6.07, 6.45) is 1.88. The number of carbonyl (C=O) groups excluding carboxylic acids is 1. The Kier molecular flexibility index (Phi) is 6.64. The Bertz CT molecular complexity index is 1900. The summed E-state index contributed by atoms with van der Waals surface area (Å²) in [7, 11) is 0. The molecule has 6 rings (SSSR count). The predicted octanol–water partition coefficient (Wildman–Crippen LogP) is 4.59. The molecular weight excluding hydrogens is 550 g/mol. The molecule has 0 spiro atoms. The molecule has 2 aliphatic rings. The van der Waals surface area contributed by atoms with Gasteiger partial charge in [-0.15, -0.1) is 0 Å². The van der Waals surface area contributed by atoms with Crippen LogP contribution < -0.4 is 24.4 Å². The van der Waals surface area contributed by atoms with Crippen LogP contribution in [0.25, 0.3) is 11.8 Å². The summed E-state index contributed by atoms with van der Waals surface area (Å²) >= 11 is 7.54. The maximum atomic E-state index is 14.0. The van der Waals surface area contributed by atoms with Crippen LogP contribution in [0.5, 0.6) is 11.5 Å².